The van der Waals surface area contributed by atoms with E-state index in [2.05, 4.69) is 9.24 Å². The first-order chi connectivity index (χ1) is 6.50. The molecule has 0 aliphatic heterocycles. The molecule has 3 nitrogen and oxygen atoms in total. The highest BCUT2D eigenvalue weighted by molar-refractivity contribution is 7.90. The van der Waals surface area contributed by atoms with Gasteiger partial charge in [0.1, 0.15) is 4.99 Å². The van der Waals surface area contributed by atoms with Gasteiger partial charge in [-0.2, -0.15) is 8.42 Å². The lowest BCUT2D eigenvalue weighted by Crippen LogP contribution is -2.13. The van der Waals surface area contributed by atoms with Crippen molar-refractivity contribution in [2.75, 3.05) is 0 Å². The first kappa shape index (κ1) is 11.6. The van der Waals surface area contributed by atoms with Crippen molar-refractivity contribution in [2.45, 2.75) is 17.8 Å². The summed E-state index contributed by atoms with van der Waals surface area (Å²) in [7, 11) is -1.77. The lowest BCUT2D eigenvalue weighted by atomic mass is 10.1. The molecule has 1 aromatic rings. The Morgan fingerprint density at radius 1 is 1.29 bits per heavy atom. The molecule has 1 rings (SSSR count). The van der Waals surface area contributed by atoms with E-state index in [-0.39, 0.29) is 0 Å². The first-order valence-corrected chi connectivity index (χ1v) is 6.43. The second-order valence-corrected chi connectivity index (χ2v) is 6.00. The van der Waals surface area contributed by atoms with E-state index in [0.717, 1.165) is 5.56 Å². The molecule has 0 aromatic heterocycles. The Hall–Kier alpha value is -0.440. The van der Waals surface area contributed by atoms with E-state index >= 15 is 0 Å². The molecule has 0 aliphatic rings. The van der Waals surface area contributed by atoms with Crippen molar-refractivity contribution in [1.82, 2.24) is 0 Å². The molecule has 0 saturated heterocycles. The Bertz CT molecular complexity index is 374. The lowest BCUT2D eigenvalue weighted by Gasteiger charge is -2.07. The van der Waals surface area contributed by atoms with Gasteiger partial charge in [-0.25, -0.2) is 0 Å². The Morgan fingerprint density at radius 2 is 1.86 bits per heavy atom. The fraction of sp³-hybridized carbons (Fsp3) is 0.333. The van der Waals surface area contributed by atoms with Crippen molar-refractivity contribution in [1.29, 1.82) is 0 Å². The van der Waals surface area contributed by atoms with Gasteiger partial charge in [-0.15, -0.1) is 9.24 Å². The molecule has 0 fully saturated rings. The third-order valence-electron chi connectivity index (χ3n) is 1.94. The van der Waals surface area contributed by atoms with Crippen molar-refractivity contribution in [3.63, 3.8) is 0 Å². The zero-order chi connectivity index (χ0) is 10.6. The fourth-order valence-corrected chi connectivity index (χ4v) is 1.68. The van der Waals surface area contributed by atoms with Gasteiger partial charge in [0.05, 0.1) is 0 Å². The van der Waals surface area contributed by atoms with E-state index in [1.807, 2.05) is 30.3 Å². The quantitative estimate of drug-likeness (QED) is 0.635. The van der Waals surface area contributed by atoms with Crippen LogP contribution in [0.5, 0.6) is 0 Å². The fourth-order valence-electron chi connectivity index (χ4n) is 1.10. The molecule has 5 heteroatoms. The van der Waals surface area contributed by atoms with Crippen molar-refractivity contribution < 1.29 is 13.0 Å². The van der Waals surface area contributed by atoms with Crippen LogP contribution >= 0.6 is 9.24 Å². The van der Waals surface area contributed by atoms with Crippen LogP contribution in [0.2, 0.25) is 0 Å². The summed E-state index contributed by atoms with van der Waals surface area (Å²) < 4.78 is 30.1. The molecule has 2 unspecified atom stereocenters. The van der Waals surface area contributed by atoms with Crippen LogP contribution in [0, 0.1) is 0 Å². The minimum Gasteiger partial charge on any atom is -0.285 e. The maximum absolute atomic E-state index is 10.7. The third kappa shape index (κ3) is 3.74. The number of benzene rings is 1. The van der Waals surface area contributed by atoms with Crippen LogP contribution in [-0.4, -0.2) is 18.0 Å². The van der Waals surface area contributed by atoms with E-state index in [0.29, 0.717) is 12.8 Å². The summed E-state index contributed by atoms with van der Waals surface area (Å²) >= 11 is 0. The van der Waals surface area contributed by atoms with Crippen molar-refractivity contribution in [3.05, 3.63) is 35.9 Å². The average molecular weight is 232 g/mol. The van der Waals surface area contributed by atoms with E-state index in [1.165, 1.54) is 0 Å². The molecule has 0 radical (unpaired) electrons. The van der Waals surface area contributed by atoms with Crippen molar-refractivity contribution in [3.8, 4) is 0 Å². The molecular weight excluding hydrogens is 219 g/mol. The highest BCUT2D eigenvalue weighted by Crippen LogP contribution is 2.15. The molecule has 1 N–H and O–H groups in total. The minimum absolute atomic E-state index is 0.410. The molecule has 0 aliphatic carbocycles. The van der Waals surface area contributed by atoms with Crippen molar-refractivity contribution in [2.24, 2.45) is 0 Å². The van der Waals surface area contributed by atoms with Crippen LogP contribution in [0.4, 0.5) is 0 Å². The zero-order valence-corrected chi connectivity index (χ0v) is 9.60. The smallest absolute Gasteiger partial charge is 0.271 e. The predicted molar refractivity (Wildman–Crippen MR) is 59.8 cm³/mol. The van der Waals surface area contributed by atoms with Gasteiger partial charge in [0.2, 0.25) is 0 Å². The van der Waals surface area contributed by atoms with Gasteiger partial charge in [0, 0.05) is 0 Å². The number of hydrogen-bond acceptors (Lipinski definition) is 2. The lowest BCUT2D eigenvalue weighted by molar-refractivity contribution is 0.477. The molecular formula is C9H13O3PS. The highest BCUT2D eigenvalue weighted by Gasteiger charge is 2.16. The van der Waals surface area contributed by atoms with Gasteiger partial charge < -0.3 is 0 Å². The maximum atomic E-state index is 10.7. The zero-order valence-electron chi connectivity index (χ0n) is 7.63. The number of rotatable bonds is 4. The molecule has 0 spiro atoms. The molecule has 0 saturated carbocycles. The van der Waals surface area contributed by atoms with Gasteiger partial charge in [-0.1, -0.05) is 30.3 Å². The van der Waals surface area contributed by atoms with Crippen LogP contribution in [0.3, 0.4) is 0 Å². The predicted octanol–water partition coefficient (Wildman–Crippen LogP) is 1.71. The van der Waals surface area contributed by atoms with Crippen LogP contribution in [0.15, 0.2) is 30.3 Å². The molecule has 1 aromatic carbocycles. The summed E-state index contributed by atoms with van der Waals surface area (Å²) in [6, 6.07) is 9.58. The molecule has 14 heavy (non-hydrogen) atoms. The summed E-state index contributed by atoms with van der Waals surface area (Å²) in [6.07, 6.45) is 1.06. The molecule has 0 bridgehead atoms. The van der Waals surface area contributed by atoms with E-state index in [1.54, 1.807) is 0 Å². The molecule has 2 atom stereocenters. The molecule has 78 valence electrons. The standard InChI is InChI=1S/C9H13O3PS/c10-14(11,12)9(13)7-6-8-4-2-1-3-5-8/h1-5,9H,6-7,13H2,(H,10,11,12). The largest absolute Gasteiger partial charge is 0.285 e. The topological polar surface area (TPSA) is 54.4 Å². The summed E-state index contributed by atoms with van der Waals surface area (Å²) in [5.74, 6) is 0. The summed E-state index contributed by atoms with van der Waals surface area (Å²) in [5, 5.41) is 0. The van der Waals surface area contributed by atoms with E-state index < -0.39 is 15.1 Å². The maximum Gasteiger partial charge on any atom is 0.271 e. The van der Waals surface area contributed by atoms with E-state index in [4.69, 9.17) is 4.55 Å². The minimum atomic E-state index is -3.91. The number of hydrogen-bond donors (Lipinski definition) is 1. The summed E-state index contributed by atoms with van der Waals surface area (Å²) in [4.78, 5) is -0.775. The molecule has 0 amide bonds. The van der Waals surface area contributed by atoms with Crippen LogP contribution in [0.25, 0.3) is 0 Å². The van der Waals surface area contributed by atoms with Crippen molar-refractivity contribution >= 4 is 19.4 Å². The molecule has 0 heterocycles. The van der Waals surface area contributed by atoms with Crippen LogP contribution < -0.4 is 0 Å². The Kier molecular flexibility index (Phi) is 4.05. The Morgan fingerprint density at radius 3 is 2.36 bits per heavy atom. The van der Waals surface area contributed by atoms with Gasteiger partial charge in [0.15, 0.2) is 0 Å². The van der Waals surface area contributed by atoms with Gasteiger partial charge in [-0.05, 0) is 18.4 Å². The monoisotopic (exact) mass is 232 g/mol. The average Bonchev–Trinajstić information content (AvgIpc) is 2.14. The van der Waals surface area contributed by atoms with E-state index in [9.17, 15) is 8.42 Å². The normalized spacial score (nSPS) is 13.9. The second-order valence-electron chi connectivity index (χ2n) is 3.08. The highest BCUT2D eigenvalue weighted by atomic mass is 32.2. The van der Waals surface area contributed by atoms with Crippen LogP contribution in [0.1, 0.15) is 12.0 Å². The van der Waals surface area contributed by atoms with Gasteiger partial charge in [-0.3, -0.25) is 4.55 Å². The van der Waals surface area contributed by atoms with Gasteiger partial charge >= 0.3 is 0 Å². The third-order valence-corrected chi connectivity index (χ3v) is 4.31. The van der Waals surface area contributed by atoms with Crippen LogP contribution in [-0.2, 0) is 16.5 Å². The second kappa shape index (κ2) is 4.87. The van der Waals surface area contributed by atoms with Gasteiger partial charge in [0.25, 0.3) is 10.1 Å². The summed E-state index contributed by atoms with van der Waals surface area (Å²) in [6.45, 7) is 0. The Balaban J connectivity index is 2.50. The first-order valence-electron chi connectivity index (χ1n) is 4.26. The summed E-state index contributed by atoms with van der Waals surface area (Å²) in [5.41, 5.74) is 1.07. The SMILES string of the molecule is O=S(=O)(O)C(P)CCc1ccccc1. The Labute approximate surface area is 86.5 Å². The number of aryl methyl sites for hydroxylation is 1.